The highest BCUT2D eigenvalue weighted by molar-refractivity contribution is 9.10. The van der Waals surface area contributed by atoms with E-state index >= 15 is 0 Å². The van der Waals surface area contributed by atoms with Gasteiger partial charge in [0.1, 0.15) is 22.9 Å². The molecule has 2 rings (SSSR count). The van der Waals surface area contributed by atoms with E-state index in [1.807, 2.05) is 24.3 Å². The first-order valence-electron chi connectivity index (χ1n) is 5.89. The number of para-hydroxylation sites is 2. The van der Waals surface area contributed by atoms with Crippen molar-refractivity contribution in [2.75, 3.05) is 14.2 Å². The number of hydrogen-bond acceptors (Lipinski definition) is 4. The number of aromatic hydroxyl groups is 1. The highest BCUT2D eigenvalue weighted by Crippen LogP contribution is 2.32. The highest BCUT2D eigenvalue weighted by atomic mass is 79.9. The first kappa shape index (κ1) is 14.4. The van der Waals surface area contributed by atoms with Crippen LogP contribution in [0.2, 0.25) is 0 Å². The van der Waals surface area contributed by atoms with Crippen molar-refractivity contribution >= 4 is 27.8 Å². The molecule has 0 atom stereocenters. The summed E-state index contributed by atoms with van der Waals surface area (Å²) in [4.78, 5) is 4.33. The zero-order valence-corrected chi connectivity index (χ0v) is 12.7. The van der Waals surface area contributed by atoms with E-state index in [9.17, 15) is 5.11 Å². The van der Waals surface area contributed by atoms with Crippen molar-refractivity contribution in [2.24, 2.45) is 4.99 Å². The van der Waals surface area contributed by atoms with Gasteiger partial charge in [0.2, 0.25) is 0 Å². The molecule has 0 saturated carbocycles. The Morgan fingerprint density at radius 3 is 2.50 bits per heavy atom. The molecule has 1 N–H and O–H groups in total. The number of rotatable bonds is 4. The molecular weight excluding hydrogens is 322 g/mol. The number of phenolic OH excluding ortho intramolecular Hbond substituents is 1. The van der Waals surface area contributed by atoms with Gasteiger partial charge in [-0.15, -0.1) is 0 Å². The number of methoxy groups -OCH3 is 2. The Hall–Kier alpha value is -2.01. The van der Waals surface area contributed by atoms with Crippen LogP contribution in [-0.2, 0) is 0 Å². The van der Waals surface area contributed by atoms with Crippen LogP contribution < -0.4 is 9.47 Å². The molecule has 0 fully saturated rings. The smallest absolute Gasteiger partial charge is 0.144 e. The van der Waals surface area contributed by atoms with Gasteiger partial charge >= 0.3 is 0 Å². The molecule has 0 spiro atoms. The van der Waals surface area contributed by atoms with E-state index in [1.54, 1.807) is 26.5 Å². The molecule has 0 heterocycles. The van der Waals surface area contributed by atoms with Gasteiger partial charge in [-0.05, 0) is 34.1 Å². The predicted molar refractivity (Wildman–Crippen MR) is 82.6 cm³/mol. The molecule has 0 aliphatic carbocycles. The zero-order chi connectivity index (χ0) is 14.5. The van der Waals surface area contributed by atoms with Crippen molar-refractivity contribution in [3.8, 4) is 17.2 Å². The number of halogens is 1. The molecule has 2 aromatic carbocycles. The zero-order valence-electron chi connectivity index (χ0n) is 11.1. The fourth-order valence-electron chi connectivity index (χ4n) is 1.69. The van der Waals surface area contributed by atoms with Crippen LogP contribution in [0.15, 0.2) is 45.9 Å². The first-order valence-corrected chi connectivity index (χ1v) is 6.68. The second kappa shape index (κ2) is 6.43. The summed E-state index contributed by atoms with van der Waals surface area (Å²) >= 11 is 3.37. The molecule has 0 aromatic heterocycles. The van der Waals surface area contributed by atoms with Crippen LogP contribution in [0.3, 0.4) is 0 Å². The third-order valence-electron chi connectivity index (χ3n) is 2.73. The molecule has 2 aromatic rings. The lowest BCUT2D eigenvalue weighted by Crippen LogP contribution is -1.89. The van der Waals surface area contributed by atoms with Crippen molar-refractivity contribution in [3.63, 3.8) is 0 Å². The van der Waals surface area contributed by atoms with Crippen LogP contribution >= 0.6 is 15.9 Å². The summed E-state index contributed by atoms with van der Waals surface area (Å²) in [7, 11) is 3.14. The Balaban J connectivity index is 2.34. The van der Waals surface area contributed by atoms with Crippen molar-refractivity contribution in [3.05, 3.63) is 46.4 Å². The molecule has 0 bridgehead atoms. The van der Waals surface area contributed by atoms with Crippen LogP contribution in [0, 0.1) is 0 Å². The van der Waals surface area contributed by atoms with Crippen LogP contribution in [-0.4, -0.2) is 25.5 Å². The summed E-state index contributed by atoms with van der Waals surface area (Å²) in [5.74, 6) is 1.34. The number of ether oxygens (including phenoxy) is 2. The highest BCUT2D eigenvalue weighted by Gasteiger charge is 2.07. The predicted octanol–water partition coefficient (Wildman–Crippen LogP) is 3.92. The third-order valence-corrected chi connectivity index (χ3v) is 3.35. The lowest BCUT2D eigenvalue weighted by Gasteiger charge is -2.06. The van der Waals surface area contributed by atoms with Crippen LogP contribution in [0.4, 0.5) is 5.69 Å². The minimum absolute atomic E-state index is 0.101. The van der Waals surface area contributed by atoms with Crippen LogP contribution in [0.1, 0.15) is 5.56 Å². The normalized spacial score (nSPS) is 10.8. The van der Waals surface area contributed by atoms with Crippen molar-refractivity contribution < 1.29 is 14.6 Å². The second-order valence-corrected chi connectivity index (χ2v) is 4.83. The van der Waals surface area contributed by atoms with E-state index in [-0.39, 0.29) is 5.75 Å². The van der Waals surface area contributed by atoms with Gasteiger partial charge in [-0.1, -0.05) is 12.1 Å². The Morgan fingerprint density at radius 1 is 1.10 bits per heavy atom. The third kappa shape index (κ3) is 3.11. The molecule has 0 radical (unpaired) electrons. The number of aliphatic imine (C=N–C) groups is 1. The number of phenols is 1. The van der Waals surface area contributed by atoms with Crippen LogP contribution in [0.5, 0.6) is 17.2 Å². The average Bonchev–Trinajstić information content (AvgIpc) is 2.48. The van der Waals surface area contributed by atoms with Crippen LogP contribution in [0.25, 0.3) is 0 Å². The van der Waals surface area contributed by atoms with E-state index in [0.29, 0.717) is 22.7 Å². The SMILES string of the molecule is COc1cc(O)c(C=Nc2ccccc2OC)cc1Br. The van der Waals surface area contributed by atoms with E-state index in [0.717, 1.165) is 4.47 Å². The largest absolute Gasteiger partial charge is 0.507 e. The van der Waals surface area contributed by atoms with Crippen molar-refractivity contribution in [1.29, 1.82) is 0 Å². The second-order valence-electron chi connectivity index (χ2n) is 3.98. The summed E-state index contributed by atoms with van der Waals surface area (Å²) in [6, 6.07) is 10.7. The minimum atomic E-state index is 0.101. The fourth-order valence-corrected chi connectivity index (χ4v) is 2.22. The average molecular weight is 336 g/mol. The van der Waals surface area contributed by atoms with E-state index in [2.05, 4.69) is 20.9 Å². The number of nitrogens with zero attached hydrogens (tertiary/aromatic N) is 1. The van der Waals surface area contributed by atoms with Gasteiger partial charge in [0.25, 0.3) is 0 Å². The summed E-state index contributed by atoms with van der Waals surface area (Å²) in [5.41, 5.74) is 1.28. The number of benzene rings is 2. The van der Waals surface area contributed by atoms with Crippen molar-refractivity contribution in [1.82, 2.24) is 0 Å². The lowest BCUT2D eigenvalue weighted by molar-refractivity contribution is 0.405. The Labute approximate surface area is 125 Å². The summed E-state index contributed by atoms with van der Waals surface area (Å²) < 4.78 is 11.1. The molecule has 5 heteroatoms. The summed E-state index contributed by atoms with van der Waals surface area (Å²) in [6.07, 6.45) is 1.58. The van der Waals surface area contributed by atoms with Gasteiger partial charge in [-0.3, -0.25) is 4.99 Å². The maximum Gasteiger partial charge on any atom is 0.144 e. The quantitative estimate of drug-likeness (QED) is 0.861. The van der Waals surface area contributed by atoms with E-state index in [4.69, 9.17) is 9.47 Å². The summed E-state index contributed by atoms with van der Waals surface area (Å²) in [6.45, 7) is 0. The van der Waals surface area contributed by atoms with Gasteiger partial charge in [-0.25, -0.2) is 0 Å². The lowest BCUT2D eigenvalue weighted by atomic mass is 10.2. The van der Waals surface area contributed by atoms with Gasteiger partial charge in [0.15, 0.2) is 0 Å². The molecule has 20 heavy (non-hydrogen) atoms. The topological polar surface area (TPSA) is 51.0 Å². The standard InChI is InChI=1S/C15H14BrNO3/c1-19-14-6-4-3-5-12(14)17-9-10-7-11(16)15(20-2)8-13(10)18/h3-9,18H,1-2H3. The van der Waals surface area contributed by atoms with Gasteiger partial charge in [-0.2, -0.15) is 0 Å². The van der Waals surface area contributed by atoms with Gasteiger partial charge < -0.3 is 14.6 Å². The maximum atomic E-state index is 9.93. The molecular formula is C15H14BrNO3. The fraction of sp³-hybridized carbons (Fsp3) is 0.133. The molecule has 0 amide bonds. The Kier molecular flexibility index (Phi) is 4.63. The van der Waals surface area contributed by atoms with Gasteiger partial charge in [0, 0.05) is 17.8 Å². The molecule has 0 aliphatic rings. The molecule has 104 valence electrons. The maximum absolute atomic E-state index is 9.93. The van der Waals surface area contributed by atoms with E-state index in [1.165, 1.54) is 6.07 Å². The first-order chi connectivity index (χ1) is 9.65. The summed E-state index contributed by atoms with van der Waals surface area (Å²) in [5, 5.41) is 9.93. The molecule has 0 saturated heterocycles. The van der Waals surface area contributed by atoms with Gasteiger partial charge in [0.05, 0.1) is 18.7 Å². The van der Waals surface area contributed by atoms with Crippen molar-refractivity contribution in [2.45, 2.75) is 0 Å². The monoisotopic (exact) mass is 335 g/mol. The molecule has 4 nitrogen and oxygen atoms in total. The van der Waals surface area contributed by atoms with E-state index < -0.39 is 0 Å². The molecule has 0 unspecified atom stereocenters. The molecule has 0 aliphatic heterocycles. The number of hydrogen-bond donors (Lipinski definition) is 1. The Bertz CT molecular complexity index is 641. The minimum Gasteiger partial charge on any atom is -0.507 e. The Morgan fingerprint density at radius 2 is 1.80 bits per heavy atom.